The third-order valence-electron chi connectivity index (χ3n) is 2.08. The zero-order chi connectivity index (χ0) is 8.43. The highest BCUT2D eigenvalue weighted by Crippen LogP contribution is 2.05. The minimum absolute atomic E-state index is 1.12. The lowest BCUT2D eigenvalue weighted by molar-refractivity contribution is 1.37. The lowest BCUT2D eigenvalue weighted by atomic mass is 10.1. The molecule has 0 fully saturated rings. The third-order valence-corrected chi connectivity index (χ3v) is 4.26. The quantitative estimate of drug-likeness (QED) is 0.464. The smallest absolute Gasteiger partial charge is 0.166 e. The Morgan fingerprint density at radius 1 is 1.27 bits per heavy atom. The first kappa shape index (κ1) is 8.82. The molecule has 1 aromatic carbocycles. The number of rotatable bonds is 1. The third kappa shape index (κ3) is 1.85. The number of aryl methyl sites for hydroxylation is 1. The maximum Gasteiger partial charge on any atom is 0.168 e. The van der Waals surface area contributed by atoms with Crippen molar-refractivity contribution >= 4 is 24.4 Å². The molecule has 0 aliphatic heterocycles. The number of hydrogen-bond donors (Lipinski definition) is 0. The van der Waals surface area contributed by atoms with Crippen LogP contribution < -0.4 is 5.19 Å². The molecule has 0 aliphatic carbocycles. The van der Waals surface area contributed by atoms with E-state index < -0.39 is 8.11 Å². The van der Waals surface area contributed by atoms with Gasteiger partial charge in [-0.1, -0.05) is 24.7 Å². The van der Waals surface area contributed by atoms with Gasteiger partial charge in [0, 0.05) is 0 Å². The van der Waals surface area contributed by atoms with Gasteiger partial charge in [-0.3, -0.25) is 0 Å². The van der Waals surface area contributed by atoms with E-state index in [4.69, 9.17) is 11.1 Å². The molecule has 0 bridgehead atoms. The van der Waals surface area contributed by atoms with Crippen LogP contribution in [0.5, 0.6) is 0 Å². The van der Waals surface area contributed by atoms with Crippen molar-refractivity contribution in [3.05, 3.63) is 29.3 Å². The monoisotopic (exact) mass is 184 g/mol. The number of hydrogen-bond acceptors (Lipinski definition) is 0. The zero-order valence-electron chi connectivity index (χ0n) is 7.19. The van der Waals surface area contributed by atoms with E-state index in [1.807, 2.05) is 0 Å². The van der Waals surface area contributed by atoms with Crippen LogP contribution in [0.25, 0.3) is 0 Å². The van der Waals surface area contributed by atoms with E-state index in [9.17, 15) is 0 Å². The molecule has 0 saturated carbocycles. The minimum atomic E-state index is -1.12. The summed E-state index contributed by atoms with van der Waals surface area (Å²) in [5.41, 5.74) is 2.73. The van der Waals surface area contributed by atoms with Crippen LogP contribution in [-0.2, 0) is 0 Å². The first-order valence-corrected chi connectivity index (χ1v) is 7.31. The van der Waals surface area contributed by atoms with Crippen molar-refractivity contribution in [3.63, 3.8) is 0 Å². The molecule has 0 aliphatic rings. The highest BCUT2D eigenvalue weighted by Gasteiger charge is 2.06. The Morgan fingerprint density at radius 3 is 2.36 bits per heavy atom. The SMILES string of the molecule is Cc1cccc([SiH](C)Cl)c1C. The fourth-order valence-corrected chi connectivity index (χ4v) is 3.11. The van der Waals surface area contributed by atoms with Gasteiger partial charge in [0.2, 0.25) is 0 Å². The van der Waals surface area contributed by atoms with Gasteiger partial charge in [0.1, 0.15) is 0 Å². The van der Waals surface area contributed by atoms with E-state index in [2.05, 4.69) is 38.6 Å². The van der Waals surface area contributed by atoms with Gasteiger partial charge >= 0.3 is 0 Å². The predicted molar refractivity (Wildman–Crippen MR) is 54.4 cm³/mol. The van der Waals surface area contributed by atoms with E-state index in [-0.39, 0.29) is 0 Å². The highest BCUT2D eigenvalue weighted by molar-refractivity contribution is 7.13. The van der Waals surface area contributed by atoms with Gasteiger partial charge in [0.25, 0.3) is 0 Å². The summed E-state index contributed by atoms with van der Waals surface area (Å²) in [4.78, 5) is 0. The van der Waals surface area contributed by atoms with Crippen molar-refractivity contribution in [1.82, 2.24) is 0 Å². The summed E-state index contributed by atoms with van der Waals surface area (Å²) in [5, 5.41) is 1.38. The van der Waals surface area contributed by atoms with Crippen LogP contribution in [0, 0.1) is 13.8 Å². The Kier molecular flexibility index (Phi) is 2.74. The van der Waals surface area contributed by atoms with Gasteiger partial charge in [-0.15, -0.1) is 0 Å². The van der Waals surface area contributed by atoms with Gasteiger partial charge in [-0.2, -0.15) is 11.1 Å². The largest absolute Gasteiger partial charge is 0.168 e. The van der Waals surface area contributed by atoms with Crippen molar-refractivity contribution in [2.24, 2.45) is 0 Å². The summed E-state index contributed by atoms with van der Waals surface area (Å²) >= 11 is 6.12. The molecule has 0 spiro atoms. The summed E-state index contributed by atoms with van der Waals surface area (Å²) in [6, 6.07) is 6.36. The Balaban J connectivity index is 3.17. The summed E-state index contributed by atoms with van der Waals surface area (Å²) in [5.74, 6) is 0. The van der Waals surface area contributed by atoms with E-state index >= 15 is 0 Å². The van der Waals surface area contributed by atoms with Gasteiger partial charge in [0.05, 0.1) is 0 Å². The van der Waals surface area contributed by atoms with Crippen LogP contribution in [0.4, 0.5) is 0 Å². The Labute approximate surface area is 74.5 Å². The van der Waals surface area contributed by atoms with Crippen LogP contribution >= 0.6 is 11.1 Å². The van der Waals surface area contributed by atoms with Gasteiger partial charge < -0.3 is 0 Å². The summed E-state index contributed by atoms with van der Waals surface area (Å²) < 4.78 is 0. The van der Waals surface area contributed by atoms with E-state index in [1.165, 1.54) is 16.3 Å². The van der Waals surface area contributed by atoms with Crippen molar-refractivity contribution in [2.45, 2.75) is 20.4 Å². The van der Waals surface area contributed by atoms with E-state index in [0.717, 1.165) is 0 Å². The minimum Gasteiger partial charge on any atom is -0.166 e. The average Bonchev–Trinajstić information content (AvgIpc) is 1.94. The zero-order valence-corrected chi connectivity index (χ0v) is 9.10. The molecule has 60 valence electrons. The van der Waals surface area contributed by atoms with Crippen molar-refractivity contribution in [2.75, 3.05) is 0 Å². The Hall–Kier alpha value is -0.273. The van der Waals surface area contributed by atoms with Crippen molar-refractivity contribution < 1.29 is 0 Å². The molecule has 0 N–H and O–H groups in total. The Bertz CT molecular complexity index is 256. The van der Waals surface area contributed by atoms with Crippen LogP contribution in [0.1, 0.15) is 11.1 Å². The molecule has 2 heteroatoms. The molecule has 0 saturated heterocycles. The van der Waals surface area contributed by atoms with Crippen LogP contribution in [-0.4, -0.2) is 8.11 Å². The summed E-state index contributed by atoms with van der Waals surface area (Å²) in [7, 11) is -1.12. The van der Waals surface area contributed by atoms with Gasteiger partial charge in [-0.05, 0) is 30.2 Å². The molecule has 1 atom stereocenters. The molecule has 1 aromatic rings. The molecule has 11 heavy (non-hydrogen) atoms. The molecule has 1 unspecified atom stereocenters. The van der Waals surface area contributed by atoms with Crippen molar-refractivity contribution in [3.8, 4) is 0 Å². The number of benzene rings is 1. The number of halogens is 1. The standard InChI is InChI=1S/C9H13ClSi/c1-7-5-4-6-9(8(7)2)11(3)10/h4-6,11H,1-3H3. The molecule has 1 rings (SSSR count). The molecule has 0 amide bonds. The maximum absolute atomic E-state index is 6.12. The van der Waals surface area contributed by atoms with Crippen LogP contribution in [0.2, 0.25) is 6.55 Å². The topological polar surface area (TPSA) is 0 Å². The molecular weight excluding hydrogens is 172 g/mol. The molecular formula is C9H13ClSi. The Morgan fingerprint density at radius 2 is 1.91 bits per heavy atom. The predicted octanol–water partition coefficient (Wildman–Crippen LogP) is 2.10. The molecule has 0 nitrogen and oxygen atoms in total. The first-order valence-electron chi connectivity index (χ1n) is 3.83. The second-order valence-corrected chi connectivity index (χ2v) is 6.72. The summed E-state index contributed by atoms with van der Waals surface area (Å²) in [6.45, 7) is 6.42. The highest BCUT2D eigenvalue weighted by atomic mass is 35.6. The maximum atomic E-state index is 6.12. The fraction of sp³-hybridized carbons (Fsp3) is 0.333. The molecule has 0 aromatic heterocycles. The summed E-state index contributed by atoms with van der Waals surface area (Å²) in [6.07, 6.45) is 0. The van der Waals surface area contributed by atoms with Gasteiger partial charge in [0.15, 0.2) is 8.11 Å². The van der Waals surface area contributed by atoms with Crippen LogP contribution in [0.3, 0.4) is 0 Å². The fourth-order valence-electron chi connectivity index (χ4n) is 1.20. The normalized spacial score (nSPS) is 13.1. The van der Waals surface area contributed by atoms with Crippen LogP contribution in [0.15, 0.2) is 18.2 Å². The first-order chi connectivity index (χ1) is 5.13. The van der Waals surface area contributed by atoms with E-state index in [1.54, 1.807) is 0 Å². The second kappa shape index (κ2) is 3.42. The van der Waals surface area contributed by atoms with E-state index in [0.29, 0.717) is 0 Å². The van der Waals surface area contributed by atoms with Crippen molar-refractivity contribution in [1.29, 1.82) is 0 Å². The second-order valence-electron chi connectivity index (χ2n) is 2.91. The average molecular weight is 185 g/mol. The molecule has 0 heterocycles. The lowest BCUT2D eigenvalue weighted by Gasteiger charge is -2.08. The molecule has 0 radical (unpaired) electrons. The lowest BCUT2D eigenvalue weighted by Crippen LogP contribution is -2.23. The van der Waals surface area contributed by atoms with Gasteiger partial charge in [-0.25, -0.2) is 0 Å².